The van der Waals surface area contributed by atoms with Crippen molar-refractivity contribution in [1.29, 1.82) is 0 Å². The highest BCUT2D eigenvalue weighted by Crippen LogP contribution is 2.33. The summed E-state index contributed by atoms with van der Waals surface area (Å²) in [6, 6.07) is 8.74. The van der Waals surface area contributed by atoms with Crippen LogP contribution in [0.4, 0.5) is 0 Å². The quantitative estimate of drug-likeness (QED) is 0.679. The highest BCUT2D eigenvalue weighted by Gasteiger charge is 2.24. The van der Waals surface area contributed by atoms with Crippen LogP contribution in [-0.4, -0.2) is 40.0 Å². The Kier molecular flexibility index (Phi) is 5.65. The number of benzene rings is 1. The maximum absolute atomic E-state index is 5.41. The molecule has 0 radical (unpaired) electrons. The average molecular weight is 249 g/mol. The summed E-state index contributed by atoms with van der Waals surface area (Å²) in [5.41, 5.74) is 3.05. The van der Waals surface area contributed by atoms with Crippen molar-refractivity contribution in [2.45, 2.75) is 18.8 Å². The lowest BCUT2D eigenvalue weighted by Crippen LogP contribution is -2.30. The Labute approximate surface area is 109 Å². The van der Waals surface area contributed by atoms with Crippen molar-refractivity contribution < 1.29 is 9.47 Å². The first kappa shape index (κ1) is 13.5. The molecule has 3 nitrogen and oxygen atoms in total. The number of methoxy groups -OCH3 is 1. The molecule has 1 N–H and O–H groups in total. The van der Waals surface area contributed by atoms with E-state index in [1.165, 1.54) is 17.5 Å². The zero-order valence-electron chi connectivity index (χ0n) is 11.2. The first-order chi connectivity index (χ1) is 8.92. The van der Waals surface area contributed by atoms with Gasteiger partial charge in [0.15, 0.2) is 0 Å². The SMILES string of the molecule is COCCOCCCNCC1Cc2ccccc21. The molecular weight excluding hydrogens is 226 g/mol. The predicted octanol–water partition coefficient (Wildman–Crippen LogP) is 1.97. The molecular formula is C15H23NO2. The molecule has 1 aromatic rings. The van der Waals surface area contributed by atoms with Crippen LogP contribution >= 0.6 is 0 Å². The van der Waals surface area contributed by atoms with E-state index >= 15 is 0 Å². The molecule has 0 spiro atoms. The molecule has 100 valence electrons. The molecule has 0 fully saturated rings. The van der Waals surface area contributed by atoms with Gasteiger partial charge in [-0.1, -0.05) is 24.3 Å². The van der Waals surface area contributed by atoms with Crippen LogP contribution in [0, 0.1) is 0 Å². The minimum absolute atomic E-state index is 0.687. The van der Waals surface area contributed by atoms with Crippen LogP contribution < -0.4 is 5.32 Å². The molecule has 1 unspecified atom stereocenters. The van der Waals surface area contributed by atoms with Gasteiger partial charge < -0.3 is 14.8 Å². The lowest BCUT2D eigenvalue weighted by molar-refractivity contribution is 0.0694. The van der Waals surface area contributed by atoms with Crippen molar-refractivity contribution in [3.05, 3.63) is 35.4 Å². The number of hydrogen-bond donors (Lipinski definition) is 1. The van der Waals surface area contributed by atoms with Crippen molar-refractivity contribution in [2.75, 3.05) is 40.0 Å². The van der Waals surface area contributed by atoms with Gasteiger partial charge in [-0.05, 0) is 30.5 Å². The molecule has 0 saturated carbocycles. The van der Waals surface area contributed by atoms with Gasteiger partial charge in [-0.25, -0.2) is 0 Å². The fraction of sp³-hybridized carbons (Fsp3) is 0.600. The summed E-state index contributed by atoms with van der Waals surface area (Å²) in [7, 11) is 1.70. The molecule has 0 aliphatic heterocycles. The van der Waals surface area contributed by atoms with Gasteiger partial charge in [0.25, 0.3) is 0 Å². The Balaban J connectivity index is 1.48. The summed E-state index contributed by atoms with van der Waals surface area (Å²) in [6.07, 6.45) is 2.30. The van der Waals surface area contributed by atoms with E-state index in [2.05, 4.69) is 29.6 Å². The Morgan fingerprint density at radius 1 is 1.22 bits per heavy atom. The molecule has 18 heavy (non-hydrogen) atoms. The van der Waals surface area contributed by atoms with E-state index in [1.807, 2.05) is 0 Å². The average Bonchev–Trinajstić information content (AvgIpc) is 2.37. The number of fused-ring (bicyclic) bond motifs is 1. The molecule has 0 bridgehead atoms. The van der Waals surface area contributed by atoms with Gasteiger partial charge in [0.05, 0.1) is 13.2 Å². The lowest BCUT2D eigenvalue weighted by Gasteiger charge is -2.30. The third-order valence-electron chi connectivity index (χ3n) is 3.43. The van der Waals surface area contributed by atoms with E-state index in [-0.39, 0.29) is 0 Å². The molecule has 0 aromatic heterocycles. The van der Waals surface area contributed by atoms with E-state index in [0.717, 1.165) is 32.0 Å². The Morgan fingerprint density at radius 2 is 2.11 bits per heavy atom. The van der Waals surface area contributed by atoms with E-state index in [1.54, 1.807) is 7.11 Å². The molecule has 0 saturated heterocycles. The summed E-state index contributed by atoms with van der Waals surface area (Å²) in [5.74, 6) is 0.718. The van der Waals surface area contributed by atoms with Crippen molar-refractivity contribution >= 4 is 0 Å². The molecule has 1 atom stereocenters. The predicted molar refractivity (Wildman–Crippen MR) is 73.1 cm³/mol. The third-order valence-corrected chi connectivity index (χ3v) is 3.43. The number of hydrogen-bond acceptors (Lipinski definition) is 3. The number of nitrogens with one attached hydrogen (secondary N) is 1. The van der Waals surface area contributed by atoms with Gasteiger partial charge in [0.2, 0.25) is 0 Å². The minimum Gasteiger partial charge on any atom is -0.382 e. The molecule has 1 aromatic carbocycles. The van der Waals surface area contributed by atoms with E-state index in [9.17, 15) is 0 Å². The Bertz CT molecular complexity index is 354. The van der Waals surface area contributed by atoms with Crippen molar-refractivity contribution in [2.24, 2.45) is 0 Å². The fourth-order valence-electron chi connectivity index (χ4n) is 2.36. The van der Waals surface area contributed by atoms with Gasteiger partial charge in [0, 0.05) is 26.2 Å². The van der Waals surface area contributed by atoms with Gasteiger partial charge in [0.1, 0.15) is 0 Å². The maximum atomic E-state index is 5.41. The van der Waals surface area contributed by atoms with Crippen LogP contribution in [0.15, 0.2) is 24.3 Å². The zero-order chi connectivity index (χ0) is 12.6. The highest BCUT2D eigenvalue weighted by molar-refractivity contribution is 5.40. The van der Waals surface area contributed by atoms with Gasteiger partial charge in [-0.15, -0.1) is 0 Å². The number of ether oxygens (including phenoxy) is 2. The van der Waals surface area contributed by atoms with Gasteiger partial charge in [-0.2, -0.15) is 0 Å². The summed E-state index contributed by atoms with van der Waals surface area (Å²) >= 11 is 0. The smallest absolute Gasteiger partial charge is 0.0700 e. The van der Waals surface area contributed by atoms with Crippen LogP contribution in [0.5, 0.6) is 0 Å². The van der Waals surface area contributed by atoms with Crippen molar-refractivity contribution in [3.8, 4) is 0 Å². The van der Waals surface area contributed by atoms with Crippen LogP contribution in [0.1, 0.15) is 23.5 Å². The van der Waals surface area contributed by atoms with E-state index in [0.29, 0.717) is 13.2 Å². The monoisotopic (exact) mass is 249 g/mol. The first-order valence-corrected chi connectivity index (χ1v) is 6.77. The standard InChI is InChI=1S/C15H23NO2/c1-17-9-10-18-8-4-7-16-12-14-11-13-5-2-3-6-15(13)14/h2-3,5-6,14,16H,4,7-12H2,1H3. The van der Waals surface area contributed by atoms with Crippen LogP contribution in [-0.2, 0) is 15.9 Å². The highest BCUT2D eigenvalue weighted by atomic mass is 16.5. The van der Waals surface area contributed by atoms with Crippen LogP contribution in [0.3, 0.4) is 0 Å². The second kappa shape index (κ2) is 7.52. The van der Waals surface area contributed by atoms with E-state index in [4.69, 9.17) is 9.47 Å². The second-order valence-corrected chi connectivity index (χ2v) is 4.76. The van der Waals surface area contributed by atoms with Gasteiger partial charge >= 0.3 is 0 Å². The van der Waals surface area contributed by atoms with E-state index < -0.39 is 0 Å². The Hall–Kier alpha value is -0.900. The molecule has 3 heteroatoms. The summed E-state index contributed by atoms with van der Waals surface area (Å²) in [4.78, 5) is 0. The molecule has 0 heterocycles. The zero-order valence-corrected chi connectivity index (χ0v) is 11.2. The molecule has 0 amide bonds. The van der Waals surface area contributed by atoms with Crippen LogP contribution in [0.25, 0.3) is 0 Å². The Morgan fingerprint density at radius 3 is 2.94 bits per heavy atom. The molecule has 2 rings (SSSR count). The van der Waals surface area contributed by atoms with Crippen LogP contribution in [0.2, 0.25) is 0 Å². The topological polar surface area (TPSA) is 30.5 Å². The first-order valence-electron chi connectivity index (χ1n) is 6.77. The third kappa shape index (κ3) is 3.80. The largest absolute Gasteiger partial charge is 0.382 e. The normalized spacial score (nSPS) is 17.3. The summed E-state index contributed by atoms with van der Waals surface area (Å²) in [6.45, 7) is 4.33. The van der Waals surface area contributed by atoms with Gasteiger partial charge in [-0.3, -0.25) is 0 Å². The minimum atomic E-state index is 0.687. The molecule has 1 aliphatic carbocycles. The number of rotatable bonds is 9. The lowest BCUT2D eigenvalue weighted by atomic mass is 9.77. The summed E-state index contributed by atoms with van der Waals surface area (Å²) in [5, 5.41) is 3.51. The fourth-order valence-corrected chi connectivity index (χ4v) is 2.36. The van der Waals surface area contributed by atoms with Crippen molar-refractivity contribution in [3.63, 3.8) is 0 Å². The summed E-state index contributed by atoms with van der Waals surface area (Å²) < 4.78 is 10.3. The van der Waals surface area contributed by atoms with Crippen molar-refractivity contribution in [1.82, 2.24) is 5.32 Å². The molecule has 1 aliphatic rings. The maximum Gasteiger partial charge on any atom is 0.0700 e. The second-order valence-electron chi connectivity index (χ2n) is 4.76.